The van der Waals surface area contributed by atoms with Crippen LogP contribution in [0.5, 0.6) is 0 Å². The van der Waals surface area contributed by atoms with Crippen molar-refractivity contribution >= 4 is 23.8 Å². The summed E-state index contributed by atoms with van der Waals surface area (Å²) in [4.78, 5) is 30.5. The van der Waals surface area contributed by atoms with E-state index in [9.17, 15) is 22.8 Å². The SMILES string of the molecule is C[C@H]1CN(C)/C(=C(\C=N)N2CC3(CNC3)CC2=O)CN1C(=O)Nc1cc(F)c(F)c(F)c1. The Morgan fingerprint density at radius 2 is 1.94 bits per heavy atom. The van der Waals surface area contributed by atoms with E-state index in [-0.39, 0.29) is 29.6 Å². The molecule has 1 spiro atoms. The van der Waals surface area contributed by atoms with Crippen LogP contribution in [-0.2, 0) is 4.79 Å². The van der Waals surface area contributed by atoms with Gasteiger partial charge < -0.3 is 30.7 Å². The number of hydrogen-bond donors (Lipinski definition) is 3. The molecule has 3 fully saturated rings. The third-order valence-corrected chi connectivity index (χ3v) is 6.39. The lowest BCUT2D eigenvalue weighted by Crippen LogP contribution is -2.55. The van der Waals surface area contributed by atoms with E-state index in [0.717, 1.165) is 19.3 Å². The Hall–Kier alpha value is -3.08. The lowest BCUT2D eigenvalue weighted by Gasteiger charge is -2.42. The normalized spacial score (nSPS) is 24.0. The van der Waals surface area contributed by atoms with Gasteiger partial charge in [-0.2, -0.15) is 0 Å². The fourth-order valence-electron chi connectivity index (χ4n) is 4.56. The number of nitrogens with one attached hydrogen (secondary N) is 3. The van der Waals surface area contributed by atoms with E-state index in [1.54, 1.807) is 4.90 Å². The zero-order valence-electron chi connectivity index (χ0n) is 17.8. The van der Waals surface area contributed by atoms with Crippen molar-refractivity contribution in [2.75, 3.05) is 45.1 Å². The van der Waals surface area contributed by atoms with Gasteiger partial charge in [0.15, 0.2) is 17.5 Å². The van der Waals surface area contributed by atoms with Crippen molar-refractivity contribution < 1.29 is 22.8 Å². The number of halogens is 3. The third kappa shape index (κ3) is 3.81. The molecule has 0 saturated carbocycles. The van der Waals surface area contributed by atoms with Crippen LogP contribution in [0.3, 0.4) is 0 Å². The Balaban J connectivity index is 1.57. The predicted octanol–water partition coefficient (Wildman–Crippen LogP) is 1.95. The van der Waals surface area contributed by atoms with Crippen LogP contribution >= 0.6 is 0 Å². The lowest BCUT2D eigenvalue weighted by molar-refractivity contribution is -0.126. The molecule has 8 nitrogen and oxygen atoms in total. The van der Waals surface area contributed by atoms with E-state index < -0.39 is 23.5 Å². The van der Waals surface area contributed by atoms with Gasteiger partial charge in [-0.25, -0.2) is 18.0 Å². The summed E-state index contributed by atoms with van der Waals surface area (Å²) in [5, 5.41) is 13.6. The van der Waals surface area contributed by atoms with Gasteiger partial charge in [-0.15, -0.1) is 0 Å². The Bertz CT molecular complexity index is 986. The minimum atomic E-state index is -1.61. The number of hydrogen-bond acceptors (Lipinski definition) is 5. The first-order chi connectivity index (χ1) is 15.1. The molecule has 3 saturated heterocycles. The molecule has 3 aliphatic rings. The molecule has 172 valence electrons. The molecule has 0 aromatic heterocycles. The summed E-state index contributed by atoms with van der Waals surface area (Å²) < 4.78 is 40.2. The van der Waals surface area contributed by atoms with Gasteiger partial charge in [0.05, 0.1) is 17.9 Å². The van der Waals surface area contributed by atoms with Crippen LogP contribution in [0.1, 0.15) is 13.3 Å². The second-order valence-corrected chi connectivity index (χ2v) is 8.78. The van der Waals surface area contributed by atoms with Gasteiger partial charge in [0.1, 0.15) is 0 Å². The molecule has 4 rings (SSSR count). The molecule has 3 N–H and O–H groups in total. The van der Waals surface area contributed by atoms with Crippen LogP contribution in [0.4, 0.5) is 23.7 Å². The summed E-state index contributed by atoms with van der Waals surface area (Å²) in [5.41, 5.74) is 0.747. The first kappa shape index (κ1) is 22.1. The smallest absolute Gasteiger partial charge is 0.322 e. The topological polar surface area (TPSA) is 91.8 Å². The molecule has 1 aromatic rings. The molecule has 11 heteroatoms. The van der Waals surface area contributed by atoms with Crippen LogP contribution < -0.4 is 10.6 Å². The molecule has 0 bridgehead atoms. The number of piperazine rings is 1. The molecule has 3 heterocycles. The van der Waals surface area contributed by atoms with Crippen molar-refractivity contribution in [3.8, 4) is 0 Å². The number of anilines is 1. The van der Waals surface area contributed by atoms with Crippen LogP contribution in [-0.4, -0.2) is 78.7 Å². The zero-order chi connectivity index (χ0) is 23.2. The number of amides is 3. The number of carbonyl (C=O) groups excluding carboxylic acids is 2. The average Bonchev–Trinajstić information content (AvgIpc) is 3.06. The molecule has 0 radical (unpaired) electrons. The highest BCUT2D eigenvalue weighted by Crippen LogP contribution is 2.37. The van der Waals surface area contributed by atoms with Gasteiger partial charge >= 0.3 is 6.03 Å². The molecule has 0 unspecified atom stereocenters. The maximum atomic E-state index is 13.5. The van der Waals surface area contributed by atoms with E-state index in [2.05, 4.69) is 10.6 Å². The molecule has 32 heavy (non-hydrogen) atoms. The monoisotopic (exact) mass is 450 g/mol. The van der Waals surface area contributed by atoms with Gasteiger partial charge in [-0.3, -0.25) is 4.79 Å². The molecule has 1 atom stereocenters. The van der Waals surface area contributed by atoms with E-state index in [1.807, 2.05) is 18.9 Å². The largest absolute Gasteiger partial charge is 0.373 e. The highest BCUT2D eigenvalue weighted by molar-refractivity contribution is 5.91. The van der Waals surface area contributed by atoms with Crippen molar-refractivity contribution in [2.45, 2.75) is 19.4 Å². The van der Waals surface area contributed by atoms with Gasteiger partial charge in [0.25, 0.3) is 0 Å². The Labute approximate surface area is 183 Å². The fraction of sp³-hybridized carbons (Fsp3) is 0.476. The molecular weight excluding hydrogens is 425 g/mol. The molecular formula is C21H25F3N6O2. The average molecular weight is 450 g/mol. The third-order valence-electron chi connectivity index (χ3n) is 6.39. The minimum Gasteiger partial charge on any atom is -0.373 e. The van der Waals surface area contributed by atoms with Gasteiger partial charge in [0, 0.05) is 75.1 Å². The predicted molar refractivity (Wildman–Crippen MR) is 112 cm³/mol. The Kier molecular flexibility index (Phi) is 5.61. The first-order valence-corrected chi connectivity index (χ1v) is 10.3. The van der Waals surface area contributed by atoms with Crippen LogP contribution in [0.15, 0.2) is 23.5 Å². The molecule has 3 aliphatic heterocycles. The summed E-state index contributed by atoms with van der Waals surface area (Å²) in [7, 11) is 1.83. The standard InChI is InChI=1S/C21H25F3N6O2/c1-12-7-28(2)17(16(6-25)30-11-21(5-18(30)31)9-26-10-21)8-29(12)20(32)27-13-3-14(22)19(24)15(23)4-13/h3-4,6,12,25-26H,5,7-11H2,1-2H3,(H,27,32)/b17-16+,25-6?/t12-/m0/s1. The van der Waals surface area contributed by atoms with Gasteiger partial charge in [-0.1, -0.05) is 0 Å². The minimum absolute atomic E-state index is 0.0576. The van der Waals surface area contributed by atoms with Crippen molar-refractivity contribution in [2.24, 2.45) is 5.41 Å². The van der Waals surface area contributed by atoms with Gasteiger partial charge in [-0.05, 0) is 6.92 Å². The molecule has 0 aliphatic carbocycles. The zero-order valence-corrected chi connectivity index (χ0v) is 17.8. The maximum Gasteiger partial charge on any atom is 0.322 e. The van der Waals surface area contributed by atoms with Crippen LogP contribution in [0.2, 0.25) is 0 Å². The highest BCUT2D eigenvalue weighted by atomic mass is 19.2. The first-order valence-electron chi connectivity index (χ1n) is 10.3. The summed E-state index contributed by atoms with van der Waals surface area (Å²) >= 11 is 0. The van der Waals surface area contributed by atoms with Crippen molar-refractivity contribution in [3.63, 3.8) is 0 Å². The van der Waals surface area contributed by atoms with Crippen LogP contribution in [0, 0.1) is 28.3 Å². The summed E-state index contributed by atoms with van der Waals surface area (Å²) in [6, 6.07) is 0.546. The second-order valence-electron chi connectivity index (χ2n) is 8.78. The Morgan fingerprint density at radius 1 is 1.28 bits per heavy atom. The summed E-state index contributed by atoms with van der Waals surface area (Å²) in [6.45, 7) is 4.36. The van der Waals surface area contributed by atoms with Crippen molar-refractivity contribution in [3.05, 3.63) is 41.0 Å². The fourth-order valence-corrected chi connectivity index (χ4v) is 4.56. The van der Waals surface area contributed by atoms with E-state index in [4.69, 9.17) is 5.41 Å². The number of urea groups is 1. The van der Waals surface area contributed by atoms with Crippen molar-refractivity contribution in [1.29, 1.82) is 5.41 Å². The second kappa shape index (κ2) is 8.12. The number of likely N-dealkylation sites (N-methyl/N-ethyl adjacent to an activating group) is 1. The van der Waals surface area contributed by atoms with E-state index >= 15 is 0 Å². The molecule has 1 aromatic carbocycles. The van der Waals surface area contributed by atoms with E-state index in [0.29, 0.717) is 43.0 Å². The maximum absolute atomic E-state index is 13.5. The molecule has 3 amide bonds. The van der Waals surface area contributed by atoms with E-state index in [1.165, 1.54) is 4.90 Å². The Morgan fingerprint density at radius 3 is 2.47 bits per heavy atom. The summed E-state index contributed by atoms with van der Waals surface area (Å²) in [6.07, 6.45) is 1.54. The summed E-state index contributed by atoms with van der Waals surface area (Å²) in [5.74, 6) is -4.46. The number of rotatable bonds is 3. The van der Waals surface area contributed by atoms with Gasteiger partial charge in [0.2, 0.25) is 5.91 Å². The van der Waals surface area contributed by atoms with Crippen LogP contribution in [0.25, 0.3) is 0 Å². The number of allylic oxidation sites excluding steroid dienone is 1. The number of carbonyl (C=O) groups is 2. The lowest BCUT2D eigenvalue weighted by atomic mass is 9.81. The quantitative estimate of drug-likeness (QED) is 0.485. The van der Waals surface area contributed by atoms with Crippen molar-refractivity contribution in [1.82, 2.24) is 20.0 Å². The number of likely N-dealkylation sites (tertiary alicyclic amines) is 1. The number of nitrogens with zero attached hydrogens (tertiary/aromatic N) is 3. The number of benzene rings is 1. The highest BCUT2D eigenvalue weighted by Gasteiger charge is 2.48.